The quantitative estimate of drug-likeness (QED) is 0.685. The third-order valence-electron chi connectivity index (χ3n) is 5.43. The largest absolute Gasteiger partial charge is 0.493 e. The first kappa shape index (κ1) is 19.0. The molecule has 8 nitrogen and oxygen atoms in total. The van der Waals surface area contributed by atoms with Gasteiger partial charge in [0.05, 0.1) is 33.4 Å². The third-order valence-corrected chi connectivity index (χ3v) is 5.43. The fourth-order valence-corrected chi connectivity index (χ4v) is 3.89. The molecule has 4 rings (SSSR count). The van der Waals surface area contributed by atoms with Gasteiger partial charge in [-0.15, -0.1) is 0 Å². The average Bonchev–Trinajstić information content (AvgIpc) is 3.26. The van der Waals surface area contributed by atoms with Crippen molar-refractivity contribution in [1.82, 2.24) is 20.2 Å². The van der Waals surface area contributed by atoms with Gasteiger partial charge in [-0.25, -0.2) is 4.68 Å². The molecular weight excluding hydrogens is 370 g/mol. The van der Waals surface area contributed by atoms with E-state index in [-0.39, 0.29) is 12.1 Å². The van der Waals surface area contributed by atoms with Gasteiger partial charge in [0.1, 0.15) is 0 Å². The number of aromatic nitrogens is 4. The van der Waals surface area contributed by atoms with Gasteiger partial charge in [-0.05, 0) is 46.5 Å². The predicted molar refractivity (Wildman–Crippen MR) is 109 cm³/mol. The number of hydrogen-bond acceptors (Lipinski definition) is 7. The second kappa shape index (κ2) is 7.98. The van der Waals surface area contributed by atoms with Gasteiger partial charge in [0.15, 0.2) is 11.5 Å². The number of rotatable bonds is 6. The molecule has 0 saturated carbocycles. The van der Waals surface area contributed by atoms with E-state index in [1.807, 2.05) is 12.1 Å². The normalized spacial score (nSPS) is 17.9. The summed E-state index contributed by atoms with van der Waals surface area (Å²) in [5.74, 6) is 2.43. The van der Waals surface area contributed by atoms with Crippen LogP contribution in [0, 0.1) is 0 Å². The molecule has 8 heteroatoms. The first-order valence-electron chi connectivity index (χ1n) is 9.62. The first-order valence-corrected chi connectivity index (χ1v) is 9.62. The monoisotopic (exact) mass is 395 g/mol. The van der Waals surface area contributed by atoms with Crippen molar-refractivity contribution in [3.8, 4) is 17.2 Å². The van der Waals surface area contributed by atoms with Crippen LogP contribution in [0.1, 0.15) is 42.1 Å². The Hall–Kier alpha value is -3.29. The summed E-state index contributed by atoms with van der Waals surface area (Å²) in [5.41, 5.74) is 3.45. The van der Waals surface area contributed by atoms with Crippen LogP contribution < -0.4 is 19.5 Å². The maximum absolute atomic E-state index is 5.72. The summed E-state index contributed by atoms with van der Waals surface area (Å²) in [7, 11) is 4.84. The summed E-state index contributed by atoms with van der Waals surface area (Å²) in [6, 6.07) is 12.5. The lowest BCUT2D eigenvalue weighted by Gasteiger charge is -2.32. The van der Waals surface area contributed by atoms with E-state index in [1.54, 1.807) is 26.0 Å². The molecule has 2 atom stereocenters. The lowest BCUT2D eigenvalue weighted by molar-refractivity contribution is 0.315. The second-order valence-electron chi connectivity index (χ2n) is 6.91. The first-order chi connectivity index (χ1) is 14.2. The molecule has 0 aliphatic carbocycles. The van der Waals surface area contributed by atoms with Gasteiger partial charge < -0.3 is 19.5 Å². The minimum atomic E-state index is -0.119. The van der Waals surface area contributed by atoms with Crippen LogP contribution in [0.25, 0.3) is 0 Å². The molecule has 0 saturated heterocycles. The van der Waals surface area contributed by atoms with Crippen molar-refractivity contribution in [1.29, 1.82) is 0 Å². The Kier molecular flexibility index (Phi) is 5.24. The average molecular weight is 395 g/mol. The van der Waals surface area contributed by atoms with Crippen molar-refractivity contribution in [3.05, 3.63) is 53.1 Å². The van der Waals surface area contributed by atoms with Gasteiger partial charge >= 0.3 is 0 Å². The van der Waals surface area contributed by atoms with Crippen molar-refractivity contribution >= 4 is 5.95 Å². The molecule has 0 amide bonds. The second-order valence-corrected chi connectivity index (χ2v) is 6.91. The van der Waals surface area contributed by atoms with Crippen molar-refractivity contribution in [2.75, 3.05) is 26.6 Å². The number of nitrogens with zero attached hydrogens (tertiary/aromatic N) is 4. The van der Waals surface area contributed by atoms with Gasteiger partial charge in [0.25, 0.3) is 0 Å². The van der Waals surface area contributed by atoms with Crippen LogP contribution in [0.3, 0.4) is 0 Å². The smallest absolute Gasteiger partial charge is 0.243 e. The Morgan fingerprint density at radius 3 is 2.41 bits per heavy atom. The minimum Gasteiger partial charge on any atom is -0.493 e. The molecule has 3 aromatic rings. The molecule has 0 spiro atoms. The molecular formula is C21H25N5O3. The maximum atomic E-state index is 5.72. The molecule has 2 heterocycles. The highest BCUT2D eigenvalue weighted by atomic mass is 16.5. The van der Waals surface area contributed by atoms with Crippen LogP contribution >= 0.6 is 0 Å². The highest BCUT2D eigenvalue weighted by molar-refractivity contribution is 5.57. The standard InChI is InChI=1S/C21H25N5O3/c1-5-13-6-8-14(9-7-13)16-12-17(26-21(22-16)23-24-25-26)15-10-11-18(27-2)20(29-4)19(15)28-3/h6-11,16-17H,5,12H2,1-4H3,(H,22,23,25)/t16-,17+/m0/s1. The van der Waals surface area contributed by atoms with E-state index < -0.39 is 0 Å². The molecule has 1 N–H and O–H groups in total. The number of anilines is 1. The Morgan fingerprint density at radius 1 is 1.00 bits per heavy atom. The van der Waals surface area contributed by atoms with E-state index in [0.29, 0.717) is 23.2 Å². The zero-order valence-corrected chi connectivity index (χ0v) is 17.0. The molecule has 0 bridgehead atoms. The molecule has 29 heavy (non-hydrogen) atoms. The molecule has 1 aliphatic heterocycles. The number of hydrogen-bond donors (Lipinski definition) is 1. The van der Waals surface area contributed by atoms with Crippen molar-refractivity contribution < 1.29 is 14.2 Å². The van der Waals surface area contributed by atoms with Crippen LogP contribution in [0.15, 0.2) is 36.4 Å². The molecule has 0 fully saturated rings. The summed E-state index contributed by atoms with van der Waals surface area (Å²) in [6.07, 6.45) is 1.78. The highest BCUT2D eigenvalue weighted by Crippen LogP contribution is 2.46. The van der Waals surface area contributed by atoms with Crippen LogP contribution in [0.4, 0.5) is 5.95 Å². The Morgan fingerprint density at radius 2 is 1.76 bits per heavy atom. The molecule has 2 aromatic carbocycles. The van der Waals surface area contributed by atoms with E-state index in [0.717, 1.165) is 18.4 Å². The van der Waals surface area contributed by atoms with Gasteiger partial charge in [0.2, 0.25) is 11.7 Å². The minimum absolute atomic E-state index is 0.0715. The summed E-state index contributed by atoms with van der Waals surface area (Å²) >= 11 is 0. The molecule has 0 radical (unpaired) electrons. The Bertz CT molecular complexity index is 986. The van der Waals surface area contributed by atoms with Crippen molar-refractivity contribution in [2.45, 2.75) is 31.8 Å². The number of methoxy groups -OCH3 is 3. The third kappa shape index (κ3) is 3.35. The van der Waals surface area contributed by atoms with E-state index in [9.17, 15) is 0 Å². The zero-order valence-electron chi connectivity index (χ0n) is 17.0. The number of nitrogens with one attached hydrogen (secondary N) is 1. The number of ether oxygens (including phenoxy) is 3. The summed E-state index contributed by atoms with van der Waals surface area (Å²) in [5, 5.41) is 15.7. The number of benzene rings is 2. The van der Waals surface area contributed by atoms with Gasteiger partial charge in [0, 0.05) is 5.56 Å². The summed E-state index contributed by atoms with van der Waals surface area (Å²) < 4.78 is 18.5. The predicted octanol–water partition coefficient (Wildman–Crippen LogP) is 3.41. The van der Waals surface area contributed by atoms with Crippen molar-refractivity contribution in [2.24, 2.45) is 0 Å². The number of fused-ring (bicyclic) bond motifs is 1. The van der Waals surface area contributed by atoms with Crippen LogP contribution in [0.2, 0.25) is 0 Å². The maximum Gasteiger partial charge on any atom is 0.243 e. The lowest BCUT2D eigenvalue weighted by atomic mass is 9.92. The SMILES string of the molecule is CCc1ccc([C@@H]2C[C@H](c3ccc(OC)c(OC)c3OC)n3nnnc3N2)cc1. The fourth-order valence-electron chi connectivity index (χ4n) is 3.89. The Balaban J connectivity index is 1.77. The Labute approximate surface area is 169 Å². The van der Waals surface area contributed by atoms with E-state index in [2.05, 4.69) is 52.0 Å². The highest BCUT2D eigenvalue weighted by Gasteiger charge is 2.33. The fraction of sp³-hybridized carbons (Fsp3) is 0.381. The van der Waals surface area contributed by atoms with Gasteiger partial charge in [-0.2, -0.15) is 0 Å². The molecule has 1 aliphatic rings. The molecule has 0 unspecified atom stereocenters. The summed E-state index contributed by atoms with van der Waals surface area (Å²) in [4.78, 5) is 0. The van der Waals surface area contributed by atoms with E-state index in [4.69, 9.17) is 14.2 Å². The topological polar surface area (TPSA) is 83.3 Å². The number of aryl methyl sites for hydroxylation is 1. The summed E-state index contributed by atoms with van der Waals surface area (Å²) in [6.45, 7) is 2.15. The lowest BCUT2D eigenvalue weighted by Crippen LogP contribution is -2.28. The van der Waals surface area contributed by atoms with Gasteiger partial charge in [-0.3, -0.25) is 0 Å². The van der Waals surface area contributed by atoms with E-state index >= 15 is 0 Å². The molecule has 1 aromatic heterocycles. The van der Waals surface area contributed by atoms with Gasteiger partial charge in [-0.1, -0.05) is 36.3 Å². The van der Waals surface area contributed by atoms with E-state index in [1.165, 1.54) is 11.1 Å². The number of tetrazole rings is 1. The zero-order chi connectivity index (χ0) is 20.4. The van der Waals surface area contributed by atoms with Crippen LogP contribution in [-0.2, 0) is 6.42 Å². The molecule has 152 valence electrons. The van der Waals surface area contributed by atoms with Crippen LogP contribution in [0.5, 0.6) is 17.2 Å². The van der Waals surface area contributed by atoms with Crippen molar-refractivity contribution in [3.63, 3.8) is 0 Å². The van der Waals surface area contributed by atoms with Crippen LogP contribution in [-0.4, -0.2) is 41.5 Å².